The topological polar surface area (TPSA) is 47.4 Å². The van der Waals surface area contributed by atoms with Crippen molar-refractivity contribution in [3.63, 3.8) is 0 Å². The van der Waals surface area contributed by atoms with E-state index >= 15 is 0 Å². The van der Waals surface area contributed by atoms with Gasteiger partial charge in [0.05, 0.1) is 17.1 Å². The number of imidazole rings is 1. The highest BCUT2D eigenvalue weighted by atomic mass is 16.5. The lowest BCUT2D eigenvalue weighted by atomic mass is 9.71. The number of hydrogen-bond donors (Lipinski definition) is 0. The van der Waals surface area contributed by atoms with Crippen molar-refractivity contribution in [2.75, 3.05) is 13.7 Å². The van der Waals surface area contributed by atoms with Crippen LogP contribution in [-0.4, -0.2) is 46.2 Å². The van der Waals surface area contributed by atoms with Gasteiger partial charge in [-0.05, 0) is 50.2 Å². The van der Waals surface area contributed by atoms with Gasteiger partial charge in [-0.2, -0.15) is 0 Å². The molecule has 1 aliphatic heterocycles. The fourth-order valence-electron chi connectivity index (χ4n) is 4.90. The zero-order valence-electron chi connectivity index (χ0n) is 15.4. The third kappa shape index (κ3) is 2.74. The van der Waals surface area contributed by atoms with Gasteiger partial charge in [0.1, 0.15) is 12.4 Å². The van der Waals surface area contributed by atoms with Gasteiger partial charge in [-0.1, -0.05) is 19.1 Å². The second-order valence-electron chi connectivity index (χ2n) is 7.88. The molecule has 5 heteroatoms. The average molecular weight is 341 g/mol. The minimum absolute atomic E-state index is 0.195. The van der Waals surface area contributed by atoms with Crippen molar-refractivity contribution < 1.29 is 9.53 Å². The molecule has 5 nitrogen and oxygen atoms in total. The van der Waals surface area contributed by atoms with E-state index in [1.54, 1.807) is 7.11 Å². The van der Waals surface area contributed by atoms with Gasteiger partial charge in [-0.3, -0.25) is 4.79 Å². The van der Waals surface area contributed by atoms with Crippen LogP contribution in [0.3, 0.4) is 0 Å². The molecule has 2 fully saturated rings. The molecule has 25 heavy (non-hydrogen) atoms. The average Bonchev–Trinajstić information content (AvgIpc) is 3.11. The quantitative estimate of drug-likeness (QED) is 0.862. The number of methoxy groups -OCH3 is 1. The number of carbonyl (C=O) groups is 1. The number of rotatable bonds is 3. The van der Waals surface area contributed by atoms with Crippen LogP contribution in [0.1, 0.15) is 38.4 Å². The molecule has 0 spiro atoms. The summed E-state index contributed by atoms with van der Waals surface area (Å²) in [6.07, 6.45) is 4.58. The molecule has 3 atom stereocenters. The summed E-state index contributed by atoms with van der Waals surface area (Å²) >= 11 is 0. The molecule has 1 amide bonds. The number of carbonyl (C=O) groups excluding carboxylic acids is 1. The number of amides is 1. The maximum Gasteiger partial charge on any atom is 0.242 e. The third-order valence-corrected chi connectivity index (χ3v) is 6.35. The predicted octanol–water partition coefficient (Wildman–Crippen LogP) is 3.15. The van der Waals surface area contributed by atoms with Crippen LogP contribution < -0.4 is 0 Å². The first-order valence-electron chi connectivity index (χ1n) is 9.26. The summed E-state index contributed by atoms with van der Waals surface area (Å²) in [6.45, 7) is 5.55. The number of nitrogens with zero attached hydrogens (tertiary/aromatic N) is 3. The zero-order valence-corrected chi connectivity index (χ0v) is 15.4. The highest BCUT2D eigenvalue weighted by Gasteiger charge is 2.49. The van der Waals surface area contributed by atoms with Crippen LogP contribution in [0.2, 0.25) is 0 Å². The first-order valence-corrected chi connectivity index (χ1v) is 9.26. The van der Waals surface area contributed by atoms with E-state index in [0.29, 0.717) is 18.7 Å². The Bertz CT molecular complexity index is 799. The molecule has 1 saturated heterocycles. The Morgan fingerprint density at radius 2 is 2.16 bits per heavy atom. The number of likely N-dealkylation sites (tertiary alicyclic amines) is 1. The number of para-hydroxylation sites is 2. The fourth-order valence-corrected chi connectivity index (χ4v) is 4.90. The van der Waals surface area contributed by atoms with E-state index in [-0.39, 0.29) is 11.3 Å². The van der Waals surface area contributed by atoms with Crippen LogP contribution in [0.5, 0.6) is 0 Å². The molecular weight excluding hydrogens is 314 g/mol. The van der Waals surface area contributed by atoms with Gasteiger partial charge in [0, 0.05) is 19.7 Å². The normalized spacial score (nSPS) is 29.2. The molecule has 1 aliphatic carbocycles. The molecule has 0 radical (unpaired) electrons. The summed E-state index contributed by atoms with van der Waals surface area (Å²) in [5.41, 5.74) is 2.19. The summed E-state index contributed by atoms with van der Waals surface area (Å²) in [5.74, 6) is 1.12. The Kier molecular flexibility index (Phi) is 4.07. The molecule has 4 rings (SSSR count). The fraction of sp³-hybridized carbons (Fsp3) is 0.600. The van der Waals surface area contributed by atoms with E-state index in [9.17, 15) is 4.79 Å². The highest BCUT2D eigenvalue weighted by molar-refractivity contribution is 5.81. The standard InChI is InChI=1S/C20H27N3O2/c1-14-21-16-6-4-5-7-17(16)23(14)13-19(24)22-11-10-20(2)12-15(25-3)8-9-18(20)22/h4-7,15,18H,8-13H2,1-3H3/t15-,18-,20+/m1/s1. The molecule has 1 saturated carbocycles. The van der Waals surface area contributed by atoms with Crippen molar-refractivity contribution in [3.05, 3.63) is 30.1 Å². The monoisotopic (exact) mass is 341 g/mol. The van der Waals surface area contributed by atoms with Crippen molar-refractivity contribution in [1.29, 1.82) is 0 Å². The van der Waals surface area contributed by atoms with E-state index in [1.807, 2.05) is 35.8 Å². The molecule has 2 heterocycles. The van der Waals surface area contributed by atoms with Gasteiger partial charge >= 0.3 is 0 Å². The Labute approximate surface area is 149 Å². The third-order valence-electron chi connectivity index (χ3n) is 6.35. The van der Waals surface area contributed by atoms with Gasteiger partial charge in [0.15, 0.2) is 0 Å². The lowest BCUT2D eigenvalue weighted by Crippen LogP contribution is -2.47. The summed E-state index contributed by atoms with van der Waals surface area (Å²) in [4.78, 5) is 19.8. The van der Waals surface area contributed by atoms with E-state index in [4.69, 9.17) is 4.74 Å². The second kappa shape index (κ2) is 6.13. The molecule has 0 N–H and O–H groups in total. The zero-order chi connectivity index (χ0) is 17.6. The minimum atomic E-state index is 0.195. The molecule has 1 aromatic heterocycles. The van der Waals surface area contributed by atoms with E-state index in [0.717, 1.165) is 49.1 Å². The van der Waals surface area contributed by atoms with Crippen LogP contribution in [-0.2, 0) is 16.1 Å². The van der Waals surface area contributed by atoms with Crippen molar-refractivity contribution in [2.45, 2.75) is 58.2 Å². The lowest BCUT2D eigenvalue weighted by Gasteiger charge is -2.42. The lowest BCUT2D eigenvalue weighted by molar-refractivity contribution is -0.135. The van der Waals surface area contributed by atoms with E-state index in [1.165, 1.54) is 0 Å². The minimum Gasteiger partial charge on any atom is -0.381 e. The Balaban J connectivity index is 1.55. The Hall–Kier alpha value is -1.88. The SMILES string of the molecule is CO[C@@H]1CC[C@H]2N(C(=O)Cn3c(C)nc4ccccc43)CC[C@@]2(C)C1. The molecule has 0 unspecified atom stereocenters. The van der Waals surface area contributed by atoms with Gasteiger partial charge < -0.3 is 14.2 Å². The summed E-state index contributed by atoms with van der Waals surface area (Å²) in [5, 5.41) is 0. The smallest absolute Gasteiger partial charge is 0.242 e. The Morgan fingerprint density at radius 1 is 1.36 bits per heavy atom. The predicted molar refractivity (Wildman–Crippen MR) is 97.3 cm³/mol. The van der Waals surface area contributed by atoms with Gasteiger partial charge in [-0.15, -0.1) is 0 Å². The van der Waals surface area contributed by atoms with Gasteiger partial charge in [0.25, 0.3) is 0 Å². The van der Waals surface area contributed by atoms with E-state index < -0.39 is 0 Å². The van der Waals surface area contributed by atoms with Crippen molar-refractivity contribution in [3.8, 4) is 0 Å². The molecular formula is C20H27N3O2. The largest absolute Gasteiger partial charge is 0.381 e. The molecule has 134 valence electrons. The van der Waals surface area contributed by atoms with Crippen molar-refractivity contribution in [1.82, 2.24) is 14.5 Å². The van der Waals surface area contributed by atoms with Gasteiger partial charge in [0.2, 0.25) is 5.91 Å². The van der Waals surface area contributed by atoms with Crippen LogP contribution in [0.25, 0.3) is 11.0 Å². The molecule has 1 aromatic carbocycles. The first kappa shape index (κ1) is 16.6. The molecule has 2 aliphatic rings. The second-order valence-corrected chi connectivity index (χ2v) is 7.88. The molecule has 0 bridgehead atoms. The first-order chi connectivity index (χ1) is 12.0. The maximum absolute atomic E-state index is 13.1. The van der Waals surface area contributed by atoms with Crippen LogP contribution in [0.4, 0.5) is 0 Å². The van der Waals surface area contributed by atoms with Gasteiger partial charge in [-0.25, -0.2) is 4.98 Å². The summed E-state index contributed by atoms with van der Waals surface area (Å²) in [6, 6.07) is 8.38. The number of aryl methyl sites for hydroxylation is 1. The number of benzene rings is 1. The van der Waals surface area contributed by atoms with Crippen LogP contribution >= 0.6 is 0 Å². The molecule has 2 aromatic rings. The van der Waals surface area contributed by atoms with Crippen molar-refractivity contribution >= 4 is 16.9 Å². The maximum atomic E-state index is 13.1. The van der Waals surface area contributed by atoms with E-state index in [2.05, 4.69) is 16.8 Å². The number of ether oxygens (including phenoxy) is 1. The number of aromatic nitrogens is 2. The van der Waals surface area contributed by atoms with Crippen LogP contribution in [0.15, 0.2) is 24.3 Å². The summed E-state index contributed by atoms with van der Waals surface area (Å²) < 4.78 is 7.64. The Morgan fingerprint density at radius 3 is 2.96 bits per heavy atom. The highest BCUT2D eigenvalue weighted by Crippen LogP contribution is 2.47. The van der Waals surface area contributed by atoms with Crippen molar-refractivity contribution in [2.24, 2.45) is 5.41 Å². The summed E-state index contributed by atoms with van der Waals surface area (Å²) in [7, 11) is 1.80. The van der Waals surface area contributed by atoms with Crippen LogP contribution in [0, 0.1) is 12.3 Å². The number of hydrogen-bond acceptors (Lipinski definition) is 3. The number of fused-ring (bicyclic) bond motifs is 2.